The summed E-state index contributed by atoms with van der Waals surface area (Å²) < 4.78 is 14.3. The maximum atomic E-state index is 13.2. The Morgan fingerprint density at radius 1 is 1.12 bits per heavy atom. The SMILES string of the molecule is Cc1ccc(C)c(-c2ccc(=O)n(CC(=O)Nc3cccc(F)c3)n2)c1. The van der Waals surface area contributed by atoms with Crippen LogP contribution in [0.3, 0.4) is 0 Å². The summed E-state index contributed by atoms with van der Waals surface area (Å²) in [6, 6.07) is 14.6. The molecular weight excluding hydrogens is 333 g/mol. The molecule has 1 amide bonds. The van der Waals surface area contributed by atoms with Crippen LogP contribution < -0.4 is 10.9 Å². The molecule has 0 radical (unpaired) electrons. The summed E-state index contributed by atoms with van der Waals surface area (Å²) in [7, 11) is 0. The van der Waals surface area contributed by atoms with Gasteiger partial charge in [-0.2, -0.15) is 5.10 Å². The maximum absolute atomic E-state index is 13.2. The van der Waals surface area contributed by atoms with Crippen molar-refractivity contribution in [1.29, 1.82) is 0 Å². The van der Waals surface area contributed by atoms with E-state index in [2.05, 4.69) is 10.4 Å². The topological polar surface area (TPSA) is 64.0 Å². The van der Waals surface area contributed by atoms with Gasteiger partial charge in [-0.3, -0.25) is 9.59 Å². The third kappa shape index (κ3) is 4.03. The highest BCUT2D eigenvalue weighted by molar-refractivity contribution is 5.90. The Hall–Kier alpha value is -3.28. The van der Waals surface area contributed by atoms with Crippen LogP contribution in [0, 0.1) is 19.7 Å². The minimum Gasteiger partial charge on any atom is -0.324 e. The minimum absolute atomic E-state index is 0.256. The van der Waals surface area contributed by atoms with Gasteiger partial charge < -0.3 is 5.32 Å². The number of benzene rings is 2. The molecule has 0 bridgehead atoms. The second-order valence-corrected chi connectivity index (χ2v) is 6.09. The molecule has 26 heavy (non-hydrogen) atoms. The molecule has 132 valence electrons. The predicted molar refractivity (Wildman–Crippen MR) is 98.4 cm³/mol. The van der Waals surface area contributed by atoms with E-state index in [0.29, 0.717) is 11.4 Å². The van der Waals surface area contributed by atoms with Gasteiger partial charge in [0.05, 0.1) is 5.69 Å². The summed E-state index contributed by atoms with van der Waals surface area (Å²) in [5.41, 5.74) is 3.57. The first kappa shape index (κ1) is 17.5. The van der Waals surface area contributed by atoms with Crippen LogP contribution in [-0.2, 0) is 11.3 Å². The molecule has 6 heteroatoms. The van der Waals surface area contributed by atoms with Crippen LogP contribution in [0.15, 0.2) is 59.4 Å². The lowest BCUT2D eigenvalue weighted by molar-refractivity contribution is -0.117. The van der Waals surface area contributed by atoms with E-state index in [1.165, 1.54) is 24.3 Å². The number of aromatic nitrogens is 2. The standard InChI is InChI=1S/C20H18FN3O2/c1-13-6-7-14(2)17(10-13)18-8-9-20(26)24(23-18)12-19(25)22-16-5-3-4-15(21)11-16/h3-11H,12H2,1-2H3,(H,22,25). The molecule has 0 unspecified atom stereocenters. The van der Waals surface area contributed by atoms with Gasteiger partial charge in [0, 0.05) is 17.3 Å². The lowest BCUT2D eigenvalue weighted by atomic mass is 10.0. The molecule has 0 saturated heterocycles. The number of carbonyl (C=O) groups is 1. The summed E-state index contributed by atoms with van der Waals surface area (Å²) in [4.78, 5) is 24.2. The van der Waals surface area contributed by atoms with Crippen molar-refractivity contribution in [2.24, 2.45) is 0 Å². The predicted octanol–water partition coefficient (Wildman–Crippen LogP) is 3.30. The fraction of sp³-hybridized carbons (Fsp3) is 0.150. The molecule has 1 N–H and O–H groups in total. The Kier molecular flexibility index (Phi) is 4.93. The zero-order valence-corrected chi connectivity index (χ0v) is 14.5. The highest BCUT2D eigenvalue weighted by Gasteiger charge is 2.10. The molecule has 0 aliphatic rings. The number of hydrogen-bond donors (Lipinski definition) is 1. The first-order chi connectivity index (χ1) is 12.4. The van der Waals surface area contributed by atoms with E-state index >= 15 is 0 Å². The number of nitrogens with zero attached hydrogens (tertiary/aromatic N) is 2. The Labute approximate surface area is 150 Å². The van der Waals surface area contributed by atoms with Gasteiger partial charge in [-0.1, -0.05) is 23.8 Å². The number of anilines is 1. The first-order valence-corrected chi connectivity index (χ1v) is 8.13. The lowest BCUT2D eigenvalue weighted by Crippen LogP contribution is -2.29. The Morgan fingerprint density at radius 2 is 1.92 bits per heavy atom. The second-order valence-electron chi connectivity index (χ2n) is 6.09. The lowest BCUT2D eigenvalue weighted by Gasteiger charge is -2.10. The van der Waals surface area contributed by atoms with Crippen molar-refractivity contribution in [2.75, 3.05) is 5.32 Å². The van der Waals surface area contributed by atoms with Crippen molar-refractivity contribution >= 4 is 11.6 Å². The molecule has 0 aliphatic heterocycles. The number of aryl methyl sites for hydroxylation is 2. The number of nitrogens with one attached hydrogen (secondary N) is 1. The van der Waals surface area contributed by atoms with Crippen molar-refractivity contribution in [3.05, 3.63) is 81.9 Å². The highest BCUT2D eigenvalue weighted by atomic mass is 19.1. The number of hydrogen-bond acceptors (Lipinski definition) is 3. The number of halogens is 1. The summed E-state index contributed by atoms with van der Waals surface area (Å²) >= 11 is 0. The average Bonchev–Trinajstić information content (AvgIpc) is 2.59. The van der Waals surface area contributed by atoms with E-state index < -0.39 is 11.7 Å². The molecule has 0 saturated carbocycles. The fourth-order valence-electron chi connectivity index (χ4n) is 2.62. The third-order valence-electron chi connectivity index (χ3n) is 3.94. The molecule has 3 aromatic rings. The van der Waals surface area contributed by atoms with Crippen molar-refractivity contribution in [3.8, 4) is 11.3 Å². The Morgan fingerprint density at radius 3 is 2.69 bits per heavy atom. The van der Waals surface area contributed by atoms with E-state index in [4.69, 9.17) is 0 Å². The van der Waals surface area contributed by atoms with Crippen molar-refractivity contribution in [3.63, 3.8) is 0 Å². The smallest absolute Gasteiger partial charge is 0.267 e. The summed E-state index contributed by atoms with van der Waals surface area (Å²) in [6.07, 6.45) is 0. The Balaban J connectivity index is 1.85. The Bertz CT molecular complexity index is 1030. The molecule has 0 spiro atoms. The molecule has 1 aromatic heterocycles. The molecule has 5 nitrogen and oxygen atoms in total. The fourth-order valence-corrected chi connectivity index (χ4v) is 2.62. The normalized spacial score (nSPS) is 10.6. The summed E-state index contributed by atoms with van der Waals surface area (Å²) in [5.74, 6) is -0.904. The molecular formula is C20H18FN3O2. The molecule has 0 atom stereocenters. The van der Waals surface area contributed by atoms with Crippen LogP contribution in [0.25, 0.3) is 11.3 Å². The third-order valence-corrected chi connectivity index (χ3v) is 3.94. The van der Waals surface area contributed by atoms with Crippen LogP contribution in [0.4, 0.5) is 10.1 Å². The second kappa shape index (κ2) is 7.31. The van der Waals surface area contributed by atoms with Crippen LogP contribution in [0.5, 0.6) is 0 Å². The van der Waals surface area contributed by atoms with Crippen molar-refractivity contribution < 1.29 is 9.18 Å². The monoisotopic (exact) mass is 351 g/mol. The first-order valence-electron chi connectivity index (χ1n) is 8.13. The van der Waals surface area contributed by atoms with Gasteiger partial charge in [-0.15, -0.1) is 0 Å². The van der Waals surface area contributed by atoms with Crippen molar-refractivity contribution in [2.45, 2.75) is 20.4 Å². The number of carbonyl (C=O) groups excluding carboxylic acids is 1. The molecule has 0 fully saturated rings. The quantitative estimate of drug-likeness (QED) is 0.784. The van der Waals surface area contributed by atoms with E-state index in [1.54, 1.807) is 12.1 Å². The largest absolute Gasteiger partial charge is 0.324 e. The maximum Gasteiger partial charge on any atom is 0.267 e. The van der Waals surface area contributed by atoms with Crippen LogP contribution in [0.1, 0.15) is 11.1 Å². The number of amides is 1. The van der Waals surface area contributed by atoms with E-state index in [9.17, 15) is 14.0 Å². The van der Waals surface area contributed by atoms with E-state index in [0.717, 1.165) is 21.4 Å². The molecule has 1 heterocycles. The highest BCUT2D eigenvalue weighted by Crippen LogP contribution is 2.21. The van der Waals surface area contributed by atoms with Crippen molar-refractivity contribution in [1.82, 2.24) is 9.78 Å². The zero-order chi connectivity index (χ0) is 18.7. The van der Waals surface area contributed by atoms with Gasteiger partial charge in [0.25, 0.3) is 5.56 Å². The van der Waals surface area contributed by atoms with Gasteiger partial charge in [-0.25, -0.2) is 9.07 Å². The van der Waals surface area contributed by atoms with Gasteiger partial charge in [-0.05, 0) is 49.7 Å². The molecule has 3 rings (SSSR count). The van der Waals surface area contributed by atoms with Crippen LogP contribution >= 0.6 is 0 Å². The van der Waals surface area contributed by atoms with Gasteiger partial charge >= 0.3 is 0 Å². The summed E-state index contributed by atoms with van der Waals surface area (Å²) in [5, 5.41) is 6.87. The zero-order valence-electron chi connectivity index (χ0n) is 14.5. The van der Waals surface area contributed by atoms with Crippen LogP contribution in [-0.4, -0.2) is 15.7 Å². The van der Waals surface area contributed by atoms with Gasteiger partial charge in [0.1, 0.15) is 12.4 Å². The van der Waals surface area contributed by atoms with Gasteiger partial charge in [0.2, 0.25) is 5.91 Å². The average molecular weight is 351 g/mol. The summed E-state index contributed by atoms with van der Waals surface area (Å²) in [6.45, 7) is 3.68. The van der Waals surface area contributed by atoms with Gasteiger partial charge in [0.15, 0.2) is 0 Å². The number of rotatable bonds is 4. The van der Waals surface area contributed by atoms with Crippen LogP contribution in [0.2, 0.25) is 0 Å². The van der Waals surface area contributed by atoms with E-state index in [-0.39, 0.29) is 12.1 Å². The molecule has 2 aromatic carbocycles. The minimum atomic E-state index is -0.455. The molecule has 0 aliphatic carbocycles. The van der Waals surface area contributed by atoms with E-state index in [1.807, 2.05) is 32.0 Å².